The van der Waals surface area contributed by atoms with E-state index in [9.17, 15) is 47.9 Å². The number of hydrogen-bond donors (Lipinski definition) is 4. The minimum absolute atomic E-state index is 0.000398. The minimum atomic E-state index is -1.14. The summed E-state index contributed by atoms with van der Waals surface area (Å²) in [5.74, 6) is -4.72. The number of fused-ring (bicyclic) bond motifs is 1. The van der Waals surface area contributed by atoms with Crippen LogP contribution >= 0.6 is 0 Å². The van der Waals surface area contributed by atoms with E-state index >= 15 is 0 Å². The monoisotopic (exact) mass is 1010 g/mol. The summed E-state index contributed by atoms with van der Waals surface area (Å²) in [4.78, 5) is 132. The van der Waals surface area contributed by atoms with Gasteiger partial charge in [0.05, 0.1) is 25.3 Å². The number of benzene rings is 3. The number of anilines is 1. The number of Topliss-reactive ketones (excluding diaryl/α,β-unsaturated/α-hetero) is 1. The van der Waals surface area contributed by atoms with Gasteiger partial charge in [-0.1, -0.05) is 45.0 Å². The lowest BCUT2D eigenvalue weighted by Crippen LogP contribution is -2.54. The second-order valence-corrected chi connectivity index (χ2v) is 18.7. The van der Waals surface area contributed by atoms with Crippen molar-refractivity contribution in [1.82, 2.24) is 25.8 Å². The predicted octanol–water partition coefficient (Wildman–Crippen LogP) is 4.52. The fourth-order valence-electron chi connectivity index (χ4n) is 8.71. The maximum atomic E-state index is 14.0. The molecule has 3 aromatic rings. The van der Waals surface area contributed by atoms with Crippen molar-refractivity contribution in [3.8, 4) is 17.2 Å². The third-order valence-corrected chi connectivity index (χ3v) is 13.3. The average molecular weight is 1010 g/mol. The van der Waals surface area contributed by atoms with E-state index in [0.717, 1.165) is 10.5 Å². The maximum absolute atomic E-state index is 14.0. The number of carbonyl (C=O) groups is 10. The summed E-state index contributed by atoms with van der Waals surface area (Å²) in [7, 11) is 3.08. The van der Waals surface area contributed by atoms with Crippen molar-refractivity contribution in [2.75, 3.05) is 45.8 Å². The Labute approximate surface area is 423 Å². The minimum Gasteiger partial charge on any atom is -0.493 e. The molecule has 4 N–H and O–H groups in total. The average Bonchev–Trinajstić information content (AvgIpc) is 3.64. The zero-order chi connectivity index (χ0) is 52.8. The fourth-order valence-corrected chi connectivity index (χ4v) is 8.71. The number of esters is 1. The molecule has 3 aliphatic heterocycles. The Morgan fingerprint density at radius 2 is 1.51 bits per heavy atom. The Hall–Kier alpha value is -7.64. The van der Waals surface area contributed by atoms with Crippen molar-refractivity contribution in [2.24, 2.45) is 5.41 Å². The number of likely N-dealkylation sites (tertiary alicyclic amines) is 1. The molecule has 3 atom stereocenters. The predicted molar refractivity (Wildman–Crippen MR) is 263 cm³/mol. The number of ether oxygens (including phenoxy) is 4. The van der Waals surface area contributed by atoms with Crippen molar-refractivity contribution >= 4 is 64.7 Å². The molecule has 6 rings (SSSR count). The van der Waals surface area contributed by atoms with Gasteiger partial charge in [-0.3, -0.25) is 53.4 Å². The van der Waals surface area contributed by atoms with Gasteiger partial charge in [0, 0.05) is 50.0 Å². The number of ketones is 1. The summed E-state index contributed by atoms with van der Waals surface area (Å²) >= 11 is 0. The lowest BCUT2D eigenvalue weighted by Gasteiger charge is -2.36. The van der Waals surface area contributed by atoms with Gasteiger partial charge in [0.25, 0.3) is 23.6 Å². The Morgan fingerprint density at radius 3 is 2.22 bits per heavy atom. The number of aryl methyl sites for hydroxylation is 1. The van der Waals surface area contributed by atoms with E-state index in [0.29, 0.717) is 74.1 Å². The van der Waals surface area contributed by atoms with E-state index in [1.54, 1.807) is 51.3 Å². The van der Waals surface area contributed by atoms with E-state index in [2.05, 4.69) is 21.3 Å². The first-order chi connectivity index (χ1) is 35.0. The van der Waals surface area contributed by atoms with Crippen molar-refractivity contribution in [1.29, 1.82) is 0 Å². The van der Waals surface area contributed by atoms with Gasteiger partial charge in [-0.25, -0.2) is 4.79 Å². The molecule has 3 heterocycles. The Morgan fingerprint density at radius 1 is 0.795 bits per heavy atom. The highest BCUT2D eigenvalue weighted by Gasteiger charge is 2.46. The highest BCUT2D eigenvalue weighted by molar-refractivity contribution is 6.38. The second-order valence-electron chi connectivity index (χ2n) is 18.7. The summed E-state index contributed by atoms with van der Waals surface area (Å²) in [6.45, 7) is 5.60. The summed E-state index contributed by atoms with van der Waals surface area (Å²) < 4.78 is 22.7. The van der Waals surface area contributed by atoms with Crippen LogP contribution in [0.2, 0.25) is 0 Å². The van der Waals surface area contributed by atoms with E-state index in [1.807, 2.05) is 19.1 Å². The molecule has 3 aromatic carbocycles. The number of piperidine rings is 2. The Balaban J connectivity index is 0.958. The third kappa shape index (κ3) is 13.9. The molecule has 0 aliphatic carbocycles. The van der Waals surface area contributed by atoms with Gasteiger partial charge in [0.1, 0.15) is 23.9 Å². The number of unbranched alkanes of at least 4 members (excludes halogenated alkanes) is 1. The second kappa shape index (κ2) is 25.1. The molecule has 2 saturated heterocycles. The lowest BCUT2D eigenvalue weighted by atomic mass is 9.84. The van der Waals surface area contributed by atoms with Crippen LogP contribution in [0.5, 0.6) is 17.2 Å². The summed E-state index contributed by atoms with van der Waals surface area (Å²) in [6, 6.07) is 14.6. The van der Waals surface area contributed by atoms with Crippen LogP contribution in [-0.2, 0) is 49.5 Å². The molecule has 73 heavy (non-hydrogen) atoms. The maximum Gasteiger partial charge on any atom is 0.329 e. The van der Waals surface area contributed by atoms with Gasteiger partial charge < -0.3 is 39.8 Å². The molecule has 0 bridgehead atoms. The highest BCUT2D eigenvalue weighted by Crippen LogP contribution is 2.35. The number of nitrogens with one attached hydrogen (secondary N) is 4. The van der Waals surface area contributed by atoms with Gasteiger partial charge in [-0.15, -0.1) is 0 Å². The van der Waals surface area contributed by atoms with E-state index < -0.39 is 83.3 Å². The number of imide groups is 2. The molecule has 20 heteroatoms. The first kappa shape index (κ1) is 54.7. The van der Waals surface area contributed by atoms with Crippen LogP contribution in [0.3, 0.4) is 0 Å². The number of carbonyl (C=O) groups excluding carboxylic acids is 10. The number of rotatable bonds is 24. The third-order valence-electron chi connectivity index (χ3n) is 13.3. The first-order valence-corrected chi connectivity index (χ1v) is 24.6. The molecule has 0 aromatic heterocycles. The quantitative estimate of drug-likeness (QED) is 0.0417. The molecule has 0 saturated carbocycles. The van der Waals surface area contributed by atoms with Crippen molar-refractivity contribution < 1.29 is 66.9 Å². The highest BCUT2D eigenvalue weighted by atomic mass is 16.5. The molecule has 3 unspecified atom stereocenters. The first-order valence-electron chi connectivity index (χ1n) is 24.6. The zero-order valence-electron chi connectivity index (χ0n) is 41.9. The molecule has 390 valence electrons. The van der Waals surface area contributed by atoms with Gasteiger partial charge in [-0.05, 0) is 105 Å². The lowest BCUT2D eigenvalue weighted by molar-refractivity contribution is -0.164. The Bertz CT molecular complexity index is 2610. The topological polar surface area (TPSA) is 262 Å². The summed E-state index contributed by atoms with van der Waals surface area (Å²) in [5.41, 5.74) is 0.949. The van der Waals surface area contributed by atoms with Crippen molar-refractivity contribution in [2.45, 2.75) is 116 Å². The van der Waals surface area contributed by atoms with Crippen LogP contribution in [0.1, 0.15) is 129 Å². The fraction of sp³-hybridized carbons (Fsp3) is 0.472. The van der Waals surface area contributed by atoms with E-state index in [4.69, 9.17) is 18.9 Å². The van der Waals surface area contributed by atoms with Crippen LogP contribution in [0.4, 0.5) is 5.69 Å². The van der Waals surface area contributed by atoms with Gasteiger partial charge in [0.2, 0.25) is 29.4 Å². The summed E-state index contributed by atoms with van der Waals surface area (Å²) in [6.07, 6.45) is 2.85. The standard InChI is InChI=1S/C53H64N6O14/c1-6-53(2,3)47(64)51(68)58-28-10-7-16-37(58)52(69)73-38(21-18-32-19-22-39(70-4)41(29-32)71-5)33-13-11-14-34(30-33)56-43(61)25-24-42(60)54-26-8-9-27-55-45(63)31-72-40-17-12-15-35-46(40)50(67)59(49(35)66)36-20-23-44(62)57-48(36)65/h11-15,17,19,22,29-30,36-38H,6-10,16,18,20-21,23-28,31H2,1-5H3,(H,54,60)(H,55,63)(H,56,61)(H,57,62,65). The largest absolute Gasteiger partial charge is 0.493 e. The van der Waals surface area contributed by atoms with Crippen LogP contribution in [-0.4, -0.2) is 121 Å². The normalized spacial score (nSPS) is 16.9. The zero-order valence-corrected chi connectivity index (χ0v) is 41.9. The number of amides is 8. The molecular formula is C53H64N6O14. The molecule has 3 aliphatic rings. The number of nitrogens with zero attached hydrogens (tertiary/aromatic N) is 2. The molecule has 8 amide bonds. The van der Waals surface area contributed by atoms with Crippen molar-refractivity contribution in [3.63, 3.8) is 0 Å². The van der Waals surface area contributed by atoms with Gasteiger partial charge in [-0.2, -0.15) is 0 Å². The smallest absolute Gasteiger partial charge is 0.329 e. The van der Waals surface area contributed by atoms with Crippen LogP contribution in [0.25, 0.3) is 0 Å². The summed E-state index contributed by atoms with van der Waals surface area (Å²) in [5, 5.41) is 10.4. The SMILES string of the molecule is CCC(C)(C)C(=O)C(=O)N1CCCCC1C(=O)OC(CCc1ccc(OC)c(OC)c1)c1cccc(NC(=O)CCC(=O)NCCCCNC(=O)COc2cccc3c2C(=O)N(C2CCC(=O)NC2=O)C3=O)c1. The van der Waals surface area contributed by atoms with Crippen LogP contribution in [0.15, 0.2) is 60.7 Å². The van der Waals surface area contributed by atoms with E-state index in [1.165, 1.54) is 30.2 Å². The molecule has 0 radical (unpaired) electrons. The van der Waals surface area contributed by atoms with Gasteiger partial charge in [0.15, 0.2) is 18.1 Å². The molecular weight excluding hydrogens is 945 g/mol. The van der Waals surface area contributed by atoms with Crippen molar-refractivity contribution in [3.05, 3.63) is 82.9 Å². The van der Waals surface area contributed by atoms with E-state index in [-0.39, 0.29) is 68.1 Å². The van der Waals surface area contributed by atoms with Crippen LogP contribution in [0, 0.1) is 5.41 Å². The molecule has 20 nitrogen and oxygen atoms in total. The number of methoxy groups -OCH3 is 2. The molecule has 2 fully saturated rings. The Kier molecular flexibility index (Phi) is 18.8. The number of hydrogen-bond acceptors (Lipinski definition) is 14. The molecule has 0 spiro atoms. The van der Waals surface area contributed by atoms with Crippen LogP contribution < -0.4 is 35.5 Å². The van der Waals surface area contributed by atoms with Gasteiger partial charge >= 0.3 is 5.97 Å².